The van der Waals surface area contributed by atoms with Crippen LogP contribution in [0.15, 0.2) is 18.2 Å². The van der Waals surface area contributed by atoms with Crippen molar-refractivity contribution in [2.24, 2.45) is 0 Å². The van der Waals surface area contributed by atoms with Gasteiger partial charge in [0.05, 0.1) is 11.3 Å². The van der Waals surface area contributed by atoms with Crippen molar-refractivity contribution in [2.75, 3.05) is 44.6 Å². The van der Waals surface area contributed by atoms with Gasteiger partial charge in [0.15, 0.2) is 0 Å². The first-order valence-electron chi connectivity index (χ1n) is 6.97. The van der Waals surface area contributed by atoms with E-state index in [-0.39, 0.29) is 0 Å². The van der Waals surface area contributed by atoms with E-state index in [1.807, 2.05) is 25.1 Å². The van der Waals surface area contributed by atoms with Crippen molar-refractivity contribution in [3.8, 4) is 6.07 Å². The van der Waals surface area contributed by atoms with Gasteiger partial charge < -0.3 is 15.5 Å². The molecule has 0 bridgehead atoms. The number of nitriles is 1. The van der Waals surface area contributed by atoms with E-state index in [4.69, 9.17) is 5.26 Å². The van der Waals surface area contributed by atoms with Crippen LogP contribution in [-0.4, -0.2) is 44.2 Å². The Morgan fingerprint density at radius 3 is 2.89 bits per heavy atom. The number of piperazine rings is 1. The minimum absolute atomic E-state index is 0.729. The lowest BCUT2D eigenvalue weighted by Crippen LogP contribution is -2.44. The zero-order valence-corrected chi connectivity index (χ0v) is 11.6. The second kappa shape index (κ2) is 7.13. The molecule has 1 aliphatic rings. The highest BCUT2D eigenvalue weighted by Crippen LogP contribution is 2.16. The summed E-state index contributed by atoms with van der Waals surface area (Å²) < 4.78 is 0. The fraction of sp³-hybridized carbons (Fsp3) is 0.533. The maximum Gasteiger partial charge on any atom is 0.101 e. The molecule has 1 aliphatic heterocycles. The molecule has 0 atom stereocenters. The molecule has 1 fully saturated rings. The standard InChI is InChI=1S/C15H22N4/c1-13-3-4-14(12-16)15(11-13)18-5-2-8-19-9-6-17-7-10-19/h3-4,11,17-18H,2,5-10H2,1H3. The summed E-state index contributed by atoms with van der Waals surface area (Å²) in [5.41, 5.74) is 2.87. The topological polar surface area (TPSA) is 51.1 Å². The van der Waals surface area contributed by atoms with Gasteiger partial charge in [0.25, 0.3) is 0 Å². The lowest BCUT2D eigenvalue weighted by molar-refractivity contribution is 0.240. The number of aryl methyl sites for hydroxylation is 1. The van der Waals surface area contributed by atoms with Gasteiger partial charge in [0.1, 0.15) is 6.07 Å². The summed E-state index contributed by atoms with van der Waals surface area (Å²) in [5.74, 6) is 0. The highest BCUT2D eigenvalue weighted by atomic mass is 15.2. The van der Waals surface area contributed by atoms with E-state index in [1.54, 1.807) is 0 Å². The van der Waals surface area contributed by atoms with Crippen LogP contribution in [0.3, 0.4) is 0 Å². The summed E-state index contributed by atoms with van der Waals surface area (Å²) in [7, 11) is 0. The van der Waals surface area contributed by atoms with Crippen LogP contribution < -0.4 is 10.6 Å². The molecular formula is C15H22N4. The number of anilines is 1. The van der Waals surface area contributed by atoms with Crippen molar-refractivity contribution < 1.29 is 0 Å². The van der Waals surface area contributed by atoms with Crippen LogP contribution in [0.2, 0.25) is 0 Å². The molecule has 1 saturated heterocycles. The third-order valence-electron chi connectivity index (χ3n) is 3.47. The van der Waals surface area contributed by atoms with Crippen molar-refractivity contribution in [1.29, 1.82) is 5.26 Å². The van der Waals surface area contributed by atoms with E-state index in [1.165, 1.54) is 5.56 Å². The number of nitrogens with one attached hydrogen (secondary N) is 2. The zero-order valence-electron chi connectivity index (χ0n) is 11.6. The van der Waals surface area contributed by atoms with Crippen molar-refractivity contribution in [3.63, 3.8) is 0 Å². The van der Waals surface area contributed by atoms with E-state index in [2.05, 4.69) is 21.6 Å². The maximum atomic E-state index is 9.06. The van der Waals surface area contributed by atoms with Gasteiger partial charge >= 0.3 is 0 Å². The molecule has 1 aromatic rings. The molecule has 0 aromatic heterocycles. The molecule has 4 nitrogen and oxygen atoms in total. The van der Waals surface area contributed by atoms with Crippen molar-refractivity contribution in [1.82, 2.24) is 10.2 Å². The first kappa shape index (κ1) is 13.9. The SMILES string of the molecule is Cc1ccc(C#N)c(NCCCN2CCNCC2)c1. The summed E-state index contributed by atoms with van der Waals surface area (Å²) >= 11 is 0. The quantitative estimate of drug-likeness (QED) is 0.787. The van der Waals surface area contributed by atoms with Gasteiger partial charge in [-0.25, -0.2) is 0 Å². The minimum atomic E-state index is 0.729. The Kier molecular flexibility index (Phi) is 5.20. The van der Waals surface area contributed by atoms with Gasteiger partial charge in [-0.3, -0.25) is 0 Å². The molecule has 0 unspecified atom stereocenters. The van der Waals surface area contributed by atoms with Crippen LogP contribution in [0.4, 0.5) is 5.69 Å². The van der Waals surface area contributed by atoms with Crippen LogP contribution in [0.1, 0.15) is 17.5 Å². The van der Waals surface area contributed by atoms with Crippen LogP contribution >= 0.6 is 0 Å². The van der Waals surface area contributed by atoms with Crippen molar-refractivity contribution in [2.45, 2.75) is 13.3 Å². The molecule has 0 spiro atoms. The van der Waals surface area contributed by atoms with Crippen LogP contribution in [-0.2, 0) is 0 Å². The molecule has 0 saturated carbocycles. The fourth-order valence-corrected chi connectivity index (χ4v) is 2.36. The molecular weight excluding hydrogens is 236 g/mol. The predicted octanol–water partition coefficient (Wildman–Crippen LogP) is 1.57. The van der Waals surface area contributed by atoms with E-state index in [9.17, 15) is 0 Å². The second-order valence-electron chi connectivity index (χ2n) is 5.03. The third-order valence-corrected chi connectivity index (χ3v) is 3.47. The maximum absolute atomic E-state index is 9.06. The van der Waals surface area contributed by atoms with E-state index in [0.717, 1.165) is 56.9 Å². The number of hydrogen-bond acceptors (Lipinski definition) is 4. The predicted molar refractivity (Wildman–Crippen MR) is 78.3 cm³/mol. The molecule has 1 aromatic carbocycles. The molecule has 2 rings (SSSR count). The van der Waals surface area contributed by atoms with Gasteiger partial charge in [-0.2, -0.15) is 5.26 Å². The van der Waals surface area contributed by atoms with Crippen LogP contribution in [0.5, 0.6) is 0 Å². The van der Waals surface area contributed by atoms with Gasteiger partial charge in [-0.15, -0.1) is 0 Å². The Balaban J connectivity index is 1.76. The average molecular weight is 258 g/mol. The number of hydrogen-bond donors (Lipinski definition) is 2. The smallest absolute Gasteiger partial charge is 0.101 e. The highest BCUT2D eigenvalue weighted by Gasteiger charge is 2.08. The Hall–Kier alpha value is -1.57. The summed E-state index contributed by atoms with van der Waals surface area (Å²) in [6, 6.07) is 8.14. The number of rotatable bonds is 5. The van der Waals surface area contributed by atoms with Gasteiger partial charge in [-0.1, -0.05) is 6.07 Å². The Morgan fingerprint density at radius 2 is 2.16 bits per heavy atom. The summed E-state index contributed by atoms with van der Waals surface area (Å²) in [4.78, 5) is 2.49. The van der Waals surface area contributed by atoms with Crippen LogP contribution in [0.25, 0.3) is 0 Å². The Labute approximate surface area is 115 Å². The number of nitrogens with zero attached hydrogens (tertiary/aromatic N) is 2. The first-order chi connectivity index (χ1) is 9.29. The van der Waals surface area contributed by atoms with E-state index in [0.29, 0.717) is 0 Å². The Morgan fingerprint density at radius 1 is 1.37 bits per heavy atom. The zero-order chi connectivity index (χ0) is 13.5. The lowest BCUT2D eigenvalue weighted by Gasteiger charge is -2.27. The lowest BCUT2D eigenvalue weighted by atomic mass is 10.1. The number of benzene rings is 1. The van der Waals surface area contributed by atoms with Gasteiger partial charge in [-0.05, 0) is 37.6 Å². The largest absolute Gasteiger partial charge is 0.384 e. The molecule has 0 aliphatic carbocycles. The van der Waals surface area contributed by atoms with Gasteiger partial charge in [0, 0.05) is 32.7 Å². The summed E-state index contributed by atoms with van der Waals surface area (Å²) in [6.07, 6.45) is 1.11. The average Bonchev–Trinajstić information content (AvgIpc) is 2.45. The third kappa shape index (κ3) is 4.23. The molecule has 19 heavy (non-hydrogen) atoms. The monoisotopic (exact) mass is 258 g/mol. The highest BCUT2D eigenvalue weighted by molar-refractivity contribution is 5.58. The minimum Gasteiger partial charge on any atom is -0.384 e. The molecule has 0 radical (unpaired) electrons. The second-order valence-corrected chi connectivity index (χ2v) is 5.03. The molecule has 4 heteroatoms. The van der Waals surface area contributed by atoms with Crippen molar-refractivity contribution in [3.05, 3.63) is 29.3 Å². The molecule has 0 amide bonds. The van der Waals surface area contributed by atoms with E-state index >= 15 is 0 Å². The molecule has 102 valence electrons. The Bertz CT molecular complexity index is 444. The summed E-state index contributed by atoms with van der Waals surface area (Å²) in [6.45, 7) is 8.59. The molecule has 2 N–H and O–H groups in total. The molecule has 1 heterocycles. The fourth-order valence-electron chi connectivity index (χ4n) is 2.36. The normalized spacial score (nSPS) is 16.0. The summed E-state index contributed by atoms with van der Waals surface area (Å²) in [5, 5.41) is 15.8. The van der Waals surface area contributed by atoms with Crippen LogP contribution in [0, 0.1) is 18.3 Å². The first-order valence-corrected chi connectivity index (χ1v) is 6.97. The van der Waals surface area contributed by atoms with Gasteiger partial charge in [0.2, 0.25) is 0 Å². The van der Waals surface area contributed by atoms with Crippen molar-refractivity contribution >= 4 is 5.69 Å². The van der Waals surface area contributed by atoms with E-state index < -0.39 is 0 Å².